The summed E-state index contributed by atoms with van der Waals surface area (Å²) in [7, 11) is 0. The maximum atomic E-state index is 6.07. The number of hydrogen-bond acceptors (Lipinski definition) is 4. The molecule has 2 N–H and O–H groups in total. The van der Waals surface area contributed by atoms with Crippen LogP contribution in [-0.2, 0) is 5.54 Å². The number of nitrogens with two attached hydrogens (primary N) is 1. The van der Waals surface area contributed by atoms with Crippen molar-refractivity contribution in [3.63, 3.8) is 0 Å². The van der Waals surface area contributed by atoms with Gasteiger partial charge >= 0.3 is 0 Å². The molecule has 1 saturated carbocycles. The third-order valence-electron chi connectivity index (χ3n) is 3.14. The van der Waals surface area contributed by atoms with Gasteiger partial charge in [0.05, 0.1) is 17.4 Å². The number of benzene rings is 1. The highest BCUT2D eigenvalue weighted by molar-refractivity contribution is 5.58. The van der Waals surface area contributed by atoms with Gasteiger partial charge in [-0.1, -0.05) is 29.8 Å². The molecule has 4 nitrogen and oxygen atoms in total. The molecule has 1 aliphatic carbocycles. The van der Waals surface area contributed by atoms with Crippen molar-refractivity contribution < 1.29 is 0 Å². The highest BCUT2D eigenvalue weighted by atomic mass is 15.2. The summed E-state index contributed by atoms with van der Waals surface area (Å²) in [5, 5.41) is 8.03. The summed E-state index contributed by atoms with van der Waals surface area (Å²) in [5.74, 6) is 0.663. The van der Waals surface area contributed by atoms with Crippen molar-refractivity contribution in [1.29, 1.82) is 0 Å². The Bertz CT molecular complexity index is 544. The first-order valence-corrected chi connectivity index (χ1v) is 5.73. The molecule has 17 heavy (non-hydrogen) atoms. The summed E-state index contributed by atoms with van der Waals surface area (Å²) >= 11 is 0. The van der Waals surface area contributed by atoms with Crippen LogP contribution in [0.3, 0.4) is 0 Å². The normalized spacial score (nSPS) is 16.8. The van der Waals surface area contributed by atoms with E-state index in [9.17, 15) is 0 Å². The van der Waals surface area contributed by atoms with Crippen LogP contribution in [0.2, 0.25) is 0 Å². The smallest absolute Gasteiger partial charge is 0.171 e. The summed E-state index contributed by atoms with van der Waals surface area (Å²) in [6, 6.07) is 8.21. The van der Waals surface area contributed by atoms with E-state index in [-0.39, 0.29) is 5.54 Å². The second-order valence-corrected chi connectivity index (χ2v) is 4.69. The van der Waals surface area contributed by atoms with E-state index in [4.69, 9.17) is 5.73 Å². The first-order valence-electron chi connectivity index (χ1n) is 5.73. The molecule has 1 aliphatic rings. The molecule has 3 rings (SSSR count). The molecule has 0 aliphatic heterocycles. The predicted molar refractivity (Wildman–Crippen MR) is 65.1 cm³/mol. The molecule has 1 heterocycles. The van der Waals surface area contributed by atoms with Crippen LogP contribution >= 0.6 is 0 Å². The van der Waals surface area contributed by atoms with Crippen molar-refractivity contribution in [3.05, 3.63) is 41.9 Å². The fourth-order valence-electron chi connectivity index (χ4n) is 1.74. The van der Waals surface area contributed by atoms with Crippen LogP contribution in [0.1, 0.15) is 24.2 Å². The van der Waals surface area contributed by atoms with Crippen molar-refractivity contribution >= 4 is 0 Å². The Kier molecular flexibility index (Phi) is 2.19. The lowest BCUT2D eigenvalue weighted by molar-refractivity contribution is 0.650. The minimum absolute atomic E-state index is 0.326. The Morgan fingerprint density at radius 1 is 1.18 bits per heavy atom. The minimum atomic E-state index is -0.326. The Balaban J connectivity index is 2.00. The zero-order valence-corrected chi connectivity index (χ0v) is 9.72. The molecule has 86 valence electrons. The molecule has 1 fully saturated rings. The van der Waals surface area contributed by atoms with Crippen LogP contribution in [0, 0.1) is 6.92 Å². The van der Waals surface area contributed by atoms with Crippen LogP contribution in [0.4, 0.5) is 0 Å². The lowest BCUT2D eigenvalue weighted by Gasteiger charge is -2.07. The lowest BCUT2D eigenvalue weighted by Crippen LogP contribution is -2.22. The average Bonchev–Trinajstić information content (AvgIpc) is 3.10. The van der Waals surface area contributed by atoms with E-state index < -0.39 is 0 Å². The number of nitrogens with zero attached hydrogens (tertiary/aromatic N) is 3. The van der Waals surface area contributed by atoms with Crippen molar-refractivity contribution in [2.24, 2.45) is 5.73 Å². The van der Waals surface area contributed by atoms with Crippen molar-refractivity contribution in [3.8, 4) is 11.3 Å². The van der Waals surface area contributed by atoms with Gasteiger partial charge in [0.1, 0.15) is 0 Å². The Morgan fingerprint density at radius 2 is 1.88 bits per heavy atom. The number of hydrogen-bond donors (Lipinski definition) is 1. The molecule has 0 unspecified atom stereocenters. The van der Waals surface area contributed by atoms with Crippen molar-refractivity contribution in [1.82, 2.24) is 15.2 Å². The standard InChI is InChI=1S/C13H14N4/c1-9-2-4-10(5-3-9)11-8-15-17-12(16-11)13(14)6-7-13/h2-5,8H,6-7,14H2,1H3. The van der Waals surface area contributed by atoms with E-state index in [0.717, 1.165) is 24.1 Å². The number of aromatic nitrogens is 3. The van der Waals surface area contributed by atoms with Crippen LogP contribution < -0.4 is 5.73 Å². The van der Waals surface area contributed by atoms with Gasteiger partial charge in [0, 0.05) is 5.56 Å². The van der Waals surface area contributed by atoms with E-state index in [1.807, 2.05) is 12.1 Å². The highest BCUT2D eigenvalue weighted by Crippen LogP contribution is 2.40. The zero-order valence-electron chi connectivity index (χ0n) is 9.72. The van der Waals surface area contributed by atoms with Gasteiger partial charge in [-0.25, -0.2) is 4.98 Å². The molecule has 2 aromatic rings. The summed E-state index contributed by atoms with van der Waals surface area (Å²) in [5.41, 5.74) is 8.87. The van der Waals surface area contributed by atoms with E-state index in [2.05, 4.69) is 34.2 Å². The van der Waals surface area contributed by atoms with Gasteiger partial charge in [0.2, 0.25) is 0 Å². The quantitative estimate of drug-likeness (QED) is 0.848. The van der Waals surface area contributed by atoms with Gasteiger partial charge in [-0.2, -0.15) is 5.10 Å². The Hall–Kier alpha value is -1.81. The molecule has 1 aromatic heterocycles. The summed E-state index contributed by atoms with van der Waals surface area (Å²) in [6.45, 7) is 2.06. The van der Waals surface area contributed by atoms with Gasteiger partial charge in [0.25, 0.3) is 0 Å². The van der Waals surface area contributed by atoms with Crippen LogP contribution in [0.5, 0.6) is 0 Å². The second-order valence-electron chi connectivity index (χ2n) is 4.69. The summed E-state index contributed by atoms with van der Waals surface area (Å²) in [6.07, 6.45) is 3.58. The van der Waals surface area contributed by atoms with E-state index in [1.54, 1.807) is 6.20 Å². The van der Waals surface area contributed by atoms with Crippen molar-refractivity contribution in [2.45, 2.75) is 25.3 Å². The van der Waals surface area contributed by atoms with Gasteiger partial charge in [-0.15, -0.1) is 5.10 Å². The molecule has 0 bridgehead atoms. The monoisotopic (exact) mass is 226 g/mol. The molecular weight excluding hydrogens is 212 g/mol. The Morgan fingerprint density at radius 3 is 2.53 bits per heavy atom. The predicted octanol–water partition coefficient (Wildman–Crippen LogP) is 1.79. The fraction of sp³-hybridized carbons (Fsp3) is 0.308. The largest absolute Gasteiger partial charge is 0.319 e. The van der Waals surface area contributed by atoms with E-state index in [0.29, 0.717) is 5.82 Å². The molecule has 0 spiro atoms. The number of aryl methyl sites for hydroxylation is 1. The third kappa shape index (κ3) is 1.91. The molecular formula is C13H14N4. The SMILES string of the molecule is Cc1ccc(-c2cnnc(C3(N)CC3)n2)cc1. The molecule has 0 radical (unpaired) electrons. The topological polar surface area (TPSA) is 64.7 Å². The van der Waals surface area contributed by atoms with Crippen molar-refractivity contribution in [2.75, 3.05) is 0 Å². The zero-order chi connectivity index (χ0) is 11.9. The highest BCUT2D eigenvalue weighted by Gasteiger charge is 2.43. The maximum absolute atomic E-state index is 6.07. The molecule has 0 saturated heterocycles. The lowest BCUT2D eigenvalue weighted by atomic mass is 10.1. The molecule has 0 atom stereocenters. The fourth-order valence-corrected chi connectivity index (χ4v) is 1.74. The summed E-state index contributed by atoms with van der Waals surface area (Å²) in [4.78, 5) is 4.51. The molecule has 4 heteroatoms. The molecule has 0 amide bonds. The number of rotatable bonds is 2. The van der Waals surface area contributed by atoms with Gasteiger partial charge < -0.3 is 5.73 Å². The van der Waals surface area contributed by atoms with Crippen LogP contribution in [0.15, 0.2) is 30.5 Å². The van der Waals surface area contributed by atoms with Crippen LogP contribution in [-0.4, -0.2) is 15.2 Å². The second kappa shape index (κ2) is 3.60. The molecule has 1 aromatic carbocycles. The van der Waals surface area contributed by atoms with E-state index >= 15 is 0 Å². The van der Waals surface area contributed by atoms with Gasteiger partial charge in [-0.05, 0) is 19.8 Å². The van der Waals surface area contributed by atoms with E-state index in [1.165, 1.54) is 5.56 Å². The average molecular weight is 226 g/mol. The Labute approximate surface area is 99.9 Å². The third-order valence-corrected chi connectivity index (χ3v) is 3.14. The van der Waals surface area contributed by atoms with Gasteiger partial charge in [0.15, 0.2) is 5.82 Å². The first kappa shape index (κ1) is 10.4. The maximum Gasteiger partial charge on any atom is 0.171 e. The minimum Gasteiger partial charge on any atom is -0.319 e. The summed E-state index contributed by atoms with van der Waals surface area (Å²) < 4.78 is 0. The van der Waals surface area contributed by atoms with Crippen LogP contribution in [0.25, 0.3) is 11.3 Å². The first-order chi connectivity index (χ1) is 8.17. The van der Waals surface area contributed by atoms with Gasteiger partial charge in [-0.3, -0.25) is 0 Å².